The van der Waals surface area contributed by atoms with Gasteiger partial charge in [0.05, 0.1) is 30.1 Å². The number of halogens is 4. The smallest absolute Gasteiger partial charge is 0.254 e. The van der Waals surface area contributed by atoms with Crippen molar-refractivity contribution in [3.63, 3.8) is 0 Å². The van der Waals surface area contributed by atoms with E-state index in [1.165, 1.54) is 13.2 Å². The third-order valence-corrected chi connectivity index (χ3v) is 11.3. The Morgan fingerprint density at radius 1 is 1.05 bits per heavy atom. The third-order valence-electron chi connectivity index (χ3n) is 8.98. The number of likely N-dealkylation sites (tertiary alicyclic amines) is 1. The average molecular weight is 683 g/mol. The lowest BCUT2D eigenvalue weighted by atomic mass is 9.56. The molecule has 2 aromatic carbocycles. The molecule has 4 aliphatic rings. The standard InChI is InChI=1S/C29H24BrCl3N2O6/c1-13-3-4-14(9-20(13)31)35-24(37)18-8-7-16-19(22(18)25(35)38)11-28(32)26(39)34(12-30)27(40)29(28,33)23(16)17-6-5-15(41-2)10-21(17)36/h3-7,9-10,18-19,22-23,36H,8,11-12H2,1-2H3/t18-,19+,22-,23+,28+,29-/m0/s1. The summed E-state index contributed by atoms with van der Waals surface area (Å²) in [5.41, 5.74) is 1.87. The van der Waals surface area contributed by atoms with E-state index >= 15 is 0 Å². The van der Waals surface area contributed by atoms with Gasteiger partial charge < -0.3 is 9.84 Å². The number of fused-ring (bicyclic) bond motifs is 4. The quantitative estimate of drug-likeness (QED) is 0.204. The lowest BCUT2D eigenvalue weighted by Crippen LogP contribution is -2.60. The van der Waals surface area contributed by atoms with Crippen molar-refractivity contribution in [2.45, 2.75) is 35.4 Å². The van der Waals surface area contributed by atoms with Gasteiger partial charge in [0.15, 0.2) is 9.75 Å². The van der Waals surface area contributed by atoms with Gasteiger partial charge in [0.25, 0.3) is 11.8 Å². The van der Waals surface area contributed by atoms with Crippen LogP contribution >= 0.6 is 50.7 Å². The van der Waals surface area contributed by atoms with E-state index in [4.69, 9.17) is 39.5 Å². The maximum Gasteiger partial charge on any atom is 0.254 e. The molecule has 0 spiro atoms. The fraction of sp³-hybridized carbons (Fsp3) is 0.379. The van der Waals surface area contributed by atoms with Crippen LogP contribution < -0.4 is 9.64 Å². The number of carbonyl (C=O) groups excluding carboxylic acids is 4. The molecule has 214 valence electrons. The minimum absolute atomic E-state index is 0.135. The fourth-order valence-electron chi connectivity index (χ4n) is 6.97. The summed E-state index contributed by atoms with van der Waals surface area (Å²) in [6.07, 6.45) is 1.87. The van der Waals surface area contributed by atoms with Gasteiger partial charge >= 0.3 is 0 Å². The second-order valence-corrected chi connectivity index (χ2v) is 13.0. The zero-order valence-electron chi connectivity index (χ0n) is 21.9. The Morgan fingerprint density at radius 2 is 1.78 bits per heavy atom. The van der Waals surface area contributed by atoms with Crippen molar-refractivity contribution in [2.24, 2.45) is 17.8 Å². The first kappa shape index (κ1) is 28.5. The van der Waals surface area contributed by atoms with Gasteiger partial charge in [-0.15, -0.1) is 23.2 Å². The van der Waals surface area contributed by atoms with E-state index in [-0.39, 0.29) is 35.5 Å². The monoisotopic (exact) mass is 680 g/mol. The number of methoxy groups -OCH3 is 1. The summed E-state index contributed by atoms with van der Waals surface area (Å²) in [4.78, 5) is 53.4. The first-order chi connectivity index (χ1) is 19.4. The molecule has 12 heteroatoms. The van der Waals surface area contributed by atoms with Gasteiger partial charge in [0.1, 0.15) is 11.5 Å². The topological polar surface area (TPSA) is 104 Å². The van der Waals surface area contributed by atoms with Crippen LogP contribution in [0, 0.1) is 24.7 Å². The van der Waals surface area contributed by atoms with Crippen LogP contribution in [0.15, 0.2) is 48.0 Å². The van der Waals surface area contributed by atoms with Crippen LogP contribution in [0.25, 0.3) is 0 Å². The summed E-state index contributed by atoms with van der Waals surface area (Å²) in [5.74, 6) is -5.40. The highest BCUT2D eigenvalue weighted by atomic mass is 79.9. The minimum Gasteiger partial charge on any atom is -0.508 e. The molecule has 1 saturated carbocycles. The largest absolute Gasteiger partial charge is 0.508 e. The Bertz CT molecular complexity index is 1580. The van der Waals surface area contributed by atoms with Crippen LogP contribution in [0.3, 0.4) is 0 Å². The maximum atomic E-state index is 14.1. The van der Waals surface area contributed by atoms with E-state index in [1.54, 1.807) is 30.3 Å². The van der Waals surface area contributed by atoms with Crippen LogP contribution in [-0.2, 0) is 19.2 Å². The van der Waals surface area contributed by atoms with Crippen molar-refractivity contribution in [1.29, 1.82) is 0 Å². The molecule has 2 saturated heterocycles. The second kappa shape index (κ2) is 9.73. The number of aryl methyl sites for hydroxylation is 1. The van der Waals surface area contributed by atoms with E-state index in [1.807, 2.05) is 13.0 Å². The molecule has 2 heterocycles. The van der Waals surface area contributed by atoms with E-state index in [0.717, 1.165) is 15.4 Å². The van der Waals surface area contributed by atoms with E-state index in [0.29, 0.717) is 22.0 Å². The minimum atomic E-state index is -2.00. The first-order valence-corrected chi connectivity index (χ1v) is 15.2. The van der Waals surface area contributed by atoms with Crippen molar-refractivity contribution in [3.05, 3.63) is 64.2 Å². The number of anilines is 1. The van der Waals surface area contributed by atoms with Crippen LogP contribution in [0.4, 0.5) is 5.69 Å². The number of nitrogens with zero attached hydrogens (tertiary/aromatic N) is 2. The summed E-state index contributed by atoms with van der Waals surface area (Å²) in [7, 11) is 1.45. The predicted molar refractivity (Wildman–Crippen MR) is 157 cm³/mol. The summed E-state index contributed by atoms with van der Waals surface area (Å²) in [5, 5.41) is 11.5. The summed E-state index contributed by atoms with van der Waals surface area (Å²) in [6.45, 7) is 1.82. The van der Waals surface area contributed by atoms with Crippen molar-refractivity contribution in [2.75, 3.05) is 17.5 Å². The number of hydrogen-bond acceptors (Lipinski definition) is 6. The zero-order chi connectivity index (χ0) is 29.6. The van der Waals surface area contributed by atoms with E-state index in [9.17, 15) is 24.3 Å². The summed E-state index contributed by atoms with van der Waals surface area (Å²) < 4.78 is 5.23. The summed E-state index contributed by atoms with van der Waals surface area (Å²) in [6, 6.07) is 9.56. The fourth-order valence-corrected chi connectivity index (χ4v) is 8.56. The van der Waals surface area contributed by atoms with E-state index < -0.39 is 51.1 Å². The number of phenols is 1. The molecule has 6 rings (SSSR count). The molecule has 0 unspecified atom stereocenters. The molecular formula is C29H24BrCl3N2O6. The number of hydrogen-bond donors (Lipinski definition) is 1. The molecule has 8 nitrogen and oxygen atoms in total. The van der Waals surface area contributed by atoms with Crippen LogP contribution in [-0.4, -0.2) is 55.9 Å². The van der Waals surface area contributed by atoms with Gasteiger partial charge in [-0.05, 0) is 49.4 Å². The SMILES string of the molecule is COc1ccc([C@H]2C3=CC[C@@H]4C(=O)N(c5ccc(C)c(Cl)c5)C(=O)[C@@H]4[C@@H]3C[C@@]3(Cl)C(=O)N(CBr)C(=O)[C@@]23Cl)c(O)c1. The first-order valence-electron chi connectivity index (χ1n) is 12.9. The van der Waals surface area contributed by atoms with Gasteiger partial charge in [0, 0.05) is 22.6 Å². The van der Waals surface area contributed by atoms with Crippen LogP contribution in [0.5, 0.6) is 11.5 Å². The number of amides is 4. The molecule has 2 aliphatic carbocycles. The Balaban J connectivity index is 1.52. The molecule has 0 radical (unpaired) electrons. The normalized spacial score (nSPS) is 32.6. The van der Waals surface area contributed by atoms with Crippen molar-refractivity contribution in [3.8, 4) is 11.5 Å². The van der Waals surface area contributed by atoms with Crippen LogP contribution in [0.2, 0.25) is 5.02 Å². The Labute approximate surface area is 259 Å². The van der Waals surface area contributed by atoms with E-state index in [2.05, 4.69) is 15.9 Å². The number of phenolic OH excluding ortho intramolecular Hbond substituents is 1. The van der Waals surface area contributed by atoms with Crippen molar-refractivity contribution < 1.29 is 29.0 Å². The number of rotatable bonds is 4. The number of carbonyl (C=O) groups is 4. The number of alkyl halides is 3. The lowest BCUT2D eigenvalue weighted by molar-refractivity contribution is -0.138. The zero-order valence-corrected chi connectivity index (χ0v) is 25.7. The number of aromatic hydroxyl groups is 1. The third kappa shape index (κ3) is 3.71. The number of allylic oxidation sites excluding steroid dienone is 2. The number of ether oxygens (including phenoxy) is 1. The van der Waals surface area contributed by atoms with Gasteiger partial charge in [0.2, 0.25) is 11.8 Å². The van der Waals surface area contributed by atoms with Crippen LogP contribution in [0.1, 0.15) is 29.9 Å². The van der Waals surface area contributed by atoms with Crippen molar-refractivity contribution >= 4 is 80.0 Å². The van der Waals surface area contributed by atoms with Gasteiger partial charge in [-0.25, -0.2) is 4.90 Å². The molecule has 41 heavy (non-hydrogen) atoms. The molecule has 2 aliphatic heterocycles. The van der Waals surface area contributed by atoms with Gasteiger partial charge in [-0.1, -0.05) is 51.3 Å². The second-order valence-electron chi connectivity index (χ2n) is 10.9. The molecule has 1 N–H and O–H groups in total. The summed E-state index contributed by atoms with van der Waals surface area (Å²) >= 11 is 23.9. The highest BCUT2D eigenvalue weighted by Crippen LogP contribution is 2.66. The average Bonchev–Trinajstić information content (AvgIpc) is 3.28. The number of imide groups is 2. The van der Waals surface area contributed by atoms with Gasteiger partial charge in [-0.3, -0.25) is 24.1 Å². The molecule has 6 atom stereocenters. The Kier molecular flexibility index (Phi) is 6.77. The molecule has 3 fully saturated rings. The number of benzene rings is 2. The highest BCUT2D eigenvalue weighted by Gasteiger charge is 2.76. The molecular weight excluding hydrogens is 659 g/mol. The molecule has 0 aromatic heterocycles. The molecule has 4 amide bonds. The Hall–Kier alpha value is -2.59. The predicted octanol–water partition coefficient (Wildman–Crippen LogP) is 5.28. The highest BCUT2D eigenvalue weighted by molar-refractivity contribution is 9.09. The Morgan fingerprint density at radius 3 is 2.41 bits per heavy atom. The molecule has 0 bridgehead atoms. The lowest BCUT2D eigenvalue weighted by Gasteiger charge is -2.50. The maximum absolute atomic E-state index is 14.1. The van der Waals surface area contributed by atoms with Gasteiger partial charge in [-0.2, -0.15) is 0 Å². The molecule has 2 aromatic rings. The van der Waals surface area contributed by atoms with Crippen molar-refractivity contribution in [1.82, 2.24) is 4.90 Å².